The van der Waals surface area contributed by atoms with Crippen LogP contribution in [0.4, 0.5) is 0 Å². The third-order valence-corrected chi connectivity index (χ3v) is 3.21. The van der Waals surface area contributed by atoms with E-state index in [0.29, 0.717) is 12.5 Å². The van der Waals surface area contributed by atoms with E-state index in [1.807, 2.05) is 0 Å². The number of H-pyrrole nitrogens is 1. The number of amides is 1. The van der Waals surface area contributed by atoms with Crippen LogP contribution in [0.1, 0.15) is 50.1 Å². The summed E-state index contributed by atoms with van der Waals surface area (Å²) in [5.41, 5.74) is 5.97. The van der Waals surface area contributed by atoms with Crippen LogP contribution in [-0.4, -0.2) is 45.6 Å². The topological polar surface area (TPSA) is 87.9 Å². The molecule has 108 valence electrons. The first-order valence-corrected chi connectivity index (χ1v) is 6.88. The Morgan fingerprint density at radius 1 is 1.47 bits per heavy atom. The second-order valence-electron chi connectivity index (χ2n) is 5.28. The summed E-state index contributed by atoms with van der Waals surface area (Å²) in [5.74, 6) is 1.26. The number of carbonyl (C=O) groups excluding carboxylic acids is 1. The fourth-order valence-electron chi connectivity index (χ4n) is 1.69. The molecule has 0 aromatic carbocycles. The van der Waals surface area contributed by atoms with E-state index in [9.17, 15) is 4.79 Å². The van der Waals surface area contributed by atoms with Crippen LogP contribution in [0.2, 0.25) is 0 Å². The summed E-state index contributed by atoms with van der Waals surface area (Å²) in [6, 6.07) is 0.109. The summed E-state index contributed by atoms with van der Waals surface area (Å²) >= 11 is 0. The second-order valence-corrected chi connectivity index (χ2v) is 5.28. The SMILES string of the molecule is CCCc1nc(C(=O)N(C)CCC(N)C(C)C)n[nH]1. The Hall–Kier alpha value is -1.43. The number of nitrogens with two attached hydrogens (primary N) is 1. The van der Waals surface area contributed by atoms with Crippen molar-refractivity contribution in [3.05, 3.63) is 11.6 Å². The fourth-order valence-corrected chi connectivity index (χ4v) is 1.69. The summed E-state index contributed by atoms with van der Waals surface area (Å²) in [4.78, 5) is 17.9. The van der Waals surface area contributed by atoms with Crippen molar-refractivity contribution in [1.29, 1.82) is 0 Å². The van der Waals surface area contributed by atoms with E-state index in [-0.39, 0.29) is 17.8 Å². The molecule has 1 unspecified atom stereocenters. The van der Waals surface area contributed by atoms with Crippen LogP contribution in [0, 0.1) is 5.92 Å². The smallest absolute Gasteiger partial charge is 0.293 e. The monoisotopic (exact) mass is 267 g/mol. The zero-order valence-corrected chi connectivity index (χ0v) is 12.3. The number of nitrogens with one attached hydrogen (secondary N) is 1. The molecule has 0 saturated heterocycles. The second kappa shape index (κ2) is 7.23. The van der Waals surface area contributed by atoms with Gasteiger partial charge in [-0.3, -0.25) is 9.89 Å². The van der Waals surface area contributed by atoms with Crippen molar-refractivity contribution in [2.24, 2.45) is 11.7 Å². The van der Waals surface area contributed by atoms with Crippen molar-refractivity contribution in [1.82, 2.24) is 20.1 Å². The minimum Gasteiger partial charge on any atom is -0.339 e. The molecule has 0 aliphatic carbocycles. The molecular formula is C13H25N5O. The Morgan fingerprint density at radius 2 is 2.16 bits per heavy atom. The van der Waals surface area contributed by atoms with Gasteiger partial charge in [0.05, 0.1) is 0 Å². The lowest BCUT2D eigenvalue weighted by atomic mass is 10.0. The highest BCUT2D eigenvalue weighted by Crippen LogP contribution is 2.05. The van der Waals surface area contributed by atoms with Gasteiger partial charge in [-0.2, -0.15) is 0 Å². The van der Waals surface area contributed by atoms with E-state index in [4.69, 9.17) is 5.73 Å². The quantitative estimate of drug-likeness (QED) is 0.777. The van der Waals surface area contributed by atoms with Crippen LogP contribution in [0.3, 0.4) is 0 Å². The molecule has 1 heterocycles. The van der Waals surface area contributed by atoms with E-state index in [0.717, 1.165) is 25.1 Å². The molecule has 0 spiro atoms. The lowest BCUT2D eigenvalue weighted by Crippen LogP contribution is -2.35. The zero-order chi connectivity index (χ0) is 14.4. The maximum Gasteiger partial charge on any atom is 0.293 e. The first kappa shape index (κ1) is 15.6. The summed E-state index contributed by atoms with van der Waals surface area (Å²) in [5, 5.41) is 6.75. The van der Waals surface area contributed by atoms with Gasteiger partial charge in [-0.1, -0.05) is 20.8 Å². The molecule has 0 bridgehead atoms. The van der Waals surface area contributed by atoms with Gasteiger partial charge in [-0.15, -0.1) is 5.10 Å². The Kier molecular flexibility index (Phi) is 5.95. The van der Waals surface area contributed by atoms with Crippen LogP contribution >= 0.6 is 0 Å². The standard InChI is InChI=1S/C13H25N5O/c1-5-6-11-15-12(17-16-11)13(19)18(4)8-7-10(14)9(2)3/h9-10H,5-8,14H2,1-4H3,(H,15,16,17). The largest absolute Gasteiger partial charge is 0.339 e. The van der Waals surface area contributed by atoms with Crippen LogP contribution in [0.25, 0.3) is 0 Å². The Balaban J connectivity index is 2.51. The van der Waals surface area contributed by atoms with Crippen LogP contribution in [0.15, 0.2) is 0 Å². The molecule has 1 atom stereocenters. The van der Waals surface area contributed by atoms with E-state index in [1.165, 1.54) is 0 Å². The highest BCUT2D eigenvalue weighted by molar-refractivity contribution is 5.90. The van der Waals surface area contributed by atoms with Gasteiger partial charge < -0.3 is 10.6 Å². The third-order valence-electron chi connectivity index (χ3n) is 3.21. The van der Waals surface area contributed by atoms with Crippen molar-refractivity contribution in [2.75, 3.05) is 13.6 Å². The van der Waals surface area contributed by atoms with Gasteiger partial charge in [-0.25, -0.2) is 4.98 Å². The predicted molar refractivity (Wildman–Crippen MR) is 74.8 cm³/mol. The number of hydrogen-bond donors (Lipinski definition) is 2. The summed E-state index contributed by atoms with van der Waals surface area (Å²) in [6.45, 7) is 6.84. The lowest BCUT2D eigenvalue weighted by Gasteiger charge is -2.20. The van der Waals surface area contributed by atoms with Crippen molar-refractivity contribution < 1.29 is 4.79 Å². The van der Waals surface area contributed by atoms with Gasteiger partial charge in [0.25, 0.3) is 5.91 Å². The van der Waals surface area contributed by atoms with Crippen LogP contribution in [0.5, 0.6) is 0 Å². The van der Waals surface area contributed by atoms with Crippen LogP contribution in [-0.2, 0) is 6.42 Å². The first-order chi connectivity index (χ1) is 8.95. The fraction of sp³-hybridized carbons (Fsp3) is 0.769. The Labute approximate surface area is 114 Å². The van der Waals surface area contributed by atoms with E-state index >= 15 is 0 Å². The van der Waals surface area contributed by atoms with Crippen molar-refractivity contribution in [2.45, 2.75) is 46.1 Å². The average Bonchev–Trinajstić information content (AvgIpc) is 2.83. The molecule has 3 N–H and O–H groups in total. The van der Waals surface area contributed by atoms with Crippen molar-refractivity contribution in [3.8, 4) is 0 Å². The number of carbonyl (C=O) groups is 1. The molecule has 0 radical (unpaired) electrons. The number of aryl methyl sites for hydroxylation is 1. The molecule has 1 aromatic rings. The summed E-state index contributed by atoms with van der Waals surface area (Å²) in [7, 11) is 1.76. The highest BCUT2D eigenvalue weighted by Gasteiger charge is 2.18. The normalized spacial score (nSPS) is 12.7. The molecule has 19 heavy (non-hydrogen) atoms. The predicted octanol–water partition coefficient (Wildman–Crippen LogP) is 1.20. The molecule has 1 rings (SSSR count). The van der Waals surface area contributed by atoms with Gasteiger partial charge in [0.2, 0.25) is 5.82 Å². The maximum absolute atomic E-state index is 12.1. The van der Waals surface area contributed by atoms with Gasteiger partial charge in [0, 0.05) is 26.1 Å². The van der Waals surface area contributed by atoms with E-state index < -0.39 is 0 Å². The van der Waals surface area contributed by atoms with Gasteiger partial charge in [-0.05, 0) is 18.8 Å². The number of nitrogens with zero attached hydrogens (tertiary/aromatic N) is 3. The summed E-state index contributed by atoms with van der Waals surface area (Å²) < 4.78 is 0. The molecule has 0 fully saturated rings. The minimum absolute atomic E-state index is 0.109. The molecule has 0 aliphatic rings. The Bertz CT molecular complexity index is 401. The highest BCUT2D eigenvalue weighted by atomic mass is 16.2. The van der Waals surface area contributed by atoms with Gasteiger partial charge in [0.1, 0.15) is 5.82 Å². The lowest BCUT2D eigenvalue weighted by molar-refractivity contribution is 0.0777. The molecule has 1 amide bonds. The first-order valence-electron chi connectivity index (χ1n) is 6.88. The molecule has 6 nitrogen and oxygen atoms in total. The van der Waals surface area contributed by atoms with E-state index in [2.05, 4.69) is 36.0 Å². The number of hydrogen-bond acceptors (Lipinski definition) is 4. The average molecular weight is 267 g/mol. The zero-order valence-electron chi connectivity index (χ0n) is 12.3. The number of aromatic nitrogens is 3. The van der Waals surface area contributed by atoms with Crippen molar-refractivity contribution in [3.63, 3.8) is 0 Å². The van der Waals surface area contributed by atoms with Gasteiger partial charge >= 0.3 is 0 Å². The molecule has 0 aliphatic heterocycles. The van der Waals surface area contributed by atoms with E-state index in [1.54, 1.807) is 11.9 Å². The summed E-state index contributed by atoms with van der Waals surface area (Å²) in [6.07, 6.45) is 2.57. The number of aromatic amines is 1. The minimum atomic E-state index is -0.158. The maximum atomic E-state index is 12.1. The van der Waals surface area contributed by atoms with Crippen molar-refractivity contribution >= 4 is 5.91 Å². The van der Waals surface area contributed by atoms with Crippen LogP contribution < -0.4 is 5.73 Å². The Morgan fingerprint density at radius 3 is 2.74 bits per heavy atom. The number of rotatable bonds is 7. The molecule has 1 aromatic heterocycles. The molecule has 6 heteroatoms. The third kappa shape index (κ3) is 4.63. The molecular weight excluding hydrogens is 242 g/mol. The van der Waals surface area contributed by atoms with Gasteiger partial charge in [0.15, 0.2) is 0 Å². The molecule has 0 saturated carbocycles.